The molecule has 2 fully saturated rings. The summed E-state index contributed by atoms with van der Waals surface area (Å²) in [5.41, 5.74) is 3.05. The Morgan fingerprint density at radius 3 is 3.05 bits per heavy atom. The van der Waals surface area contributed by atoms with E-state index in [-0.39, 0.29) is 6.03 Å². The summed E-state index contributed by atoms with van der Waals surface area (Å²) >= 11 is 1.73. The minimum absolute atomic E-state index is 0.0291. The second-order valence-electron chi connectivity index (χ2n) is 6.43. The van der Waals surface area contributed by atoms with Crippen LogP contribution in [0.1, 0.15) is 10.6 Å². The van der Waals surface area contributed by atoms with Crippen LogP contribution in [-0.4, -0.2) is 67.3 Å². The Bertz CT molecular complexity index is 533. The van der Waals surface area contributed by atoms with Gasteiger partial charge in [-0.1, -0.05) is 0 Å². The first-order chi connectivity index (χ1) is 10.5. The molecule has 2 saturated heterocycles. The SMILES string of the molecule is Cc1ncsc1CN1C[C@@H]2[C@@H](CNC(=O)N(C)C)CO[C@@H]2C1. The zero-order valence-corrected chi connectivity index (χ0v) is 14.2. The van der Waals surface area contributed by atoms with Gasteiger partial charge in [0, 0.05) is 57.0 Å². The van der Waals surface area contributed by atoms with E-state index in [0.29, 0.717) is 24.5 Å². The summed E-state index contributed by atoms with van der Waals surface area (Å²) < 4.78 is 5.94. The molecular formula is C15H24N4O2S. The lowest BCUT2D eigenvalue weighted by molar-refractivity contribution is 0.0941. The summed E-state index contributed by atoms with van der Waals surface area (Å²) in [6, 6.07) is -0.0291. The van der Waals surface area contributed by atoms with Gasteiger partial charge in [-0.05, 0) is 6.92 Å². The van der Waals surface area contributed by atoms with Crippen molar-refractivity contribution >= 4 is 17.4 Å². The fourth-order valence-corrected chi connectivity index (χ4v) is 4.10. The largest absolute Gasteiger partial charge is 0.376 e. The van der Waals surface area contributed by atoms with Crippen LogP contribution < -0.4 is 5.32 Å². The second kappa shape index (κ2) is 6.52. The van der Waals surface area contributed by atoms with Gasteiger partial charge in [0.1, 0.15) is 0 Å². The molecule has 0 spiro atoms. The molecule has 3 heterocycles. The summed E-state index contributed by atoms with van der Waals surface area (Å²) in [6.07, 6.45) is 0.314. The highest BCUT2D eigenvalue weighted by atomic mass is 32.1. The van der Waals surface area contributed by atoms with E-state index in [1.54, 1.807) is 30.3 Å². The standard InChI is InChI=1S/C15H24N4O2S/c1-10-14(22-9-17-10)7-19-5-12-11(8-21-13(12)6-19)4-16-15(20)18(2)3/h9,11-13H,4-8H2,1-3H3,(H,16,20)/t11-,12+,13+/m0/s1. The van der Waals surface area contributed by atoms with Crippen LogP contribution in [0, 0.1) is 18.8 Å². The van der Waals surface area contributed by atoms with Gasteiger partial charge >= 0.3 is 6.03 Å². The summed E-state index contributed by atoms with van der Waals surface area (Å²) in [7, 11) is 3.52. The van der Waals surface area contributed by atoms with Gasteiger partial charge in [0.15, 0.2) is 0 Å². The molecule has 122 valence electrons. The molecule has 22 heavy (non-hydrogen) atoms. The molecule has 0 radical (unpaired) electrons. The molecule has 2 aliphatic rings. The van der Waals surface area contributed by atoms with Gasteiger partial charge in [-0.25, -0.2) is 9.78 Å². The molecule has 2 aliphatic heterocycles. The Hall–Kier alpha value is -1.18. The molecular weight excluding hydrogens is 300 g/mol. The highest BCUT2D eigenvalue weighted by Crippen LogP contribution is 2.34. The molecule has 2 amide bonds. The molecule has 6 nitrogen and oxygen atoms in total. The number of aryl methyl sites for hydroxylation is 1. The number of hydrogen-bond donors (Lipinski definition) is 1. The van der Waals surface area contributed by atoms with Crippen molar-refractivity contribution in [3.8, 4) is 0 Å². The number of carbonyl (C=O) groups excluding carboxylic acids is 1. The van der Waals surface area contributed by atoms with Gasteiger partial charge in [0.25, 0.3) is 0 Å². The van der Waals surface area contributed by atoms with E-state index in [0.717, 1.165) is 31.9 Å². The average molecular weight is 324 g/mol. The Morgan fingerprint density at radius 2 is 2.36 bits per heavy atom. The molecule has 1 aromatic rings. The summed E-state index contributed by atoms with van der Waals surface area (Å²) in [4.78, 5) is 21.4. The number of nitrogens with one attached hydrogen (secondary N) is 1. The maximum Gasteiger partial charge on any atom is 0.316 e. The molecule has 3 atom stereocenters. The molecule has 1 aromatic heterocycles. The van der Waals surface area contributed by atoms with Crippen molar-refractivity contribution in [2.24, 2.45) is 11.8 Å². The third-order valence-electron chi connectivity index (χ3n) is 4.65. The van der Waals surface area contributed by atoms with Crippen LogP contribution in [0.25, 0.3) is 0 Å². The van der Waals surface area contributed by atoms with Gasteiger partial charge < -0.3 is 15.0 Å². The Morgan fingerprint density at radius 1 is 1.55 bits per heavy atom. The topological polar surface area (TPSA) is 57.7 Å². The van der Waals surface area contributed by atoms with Crippen LogP contribution in [0.15, 0.2) is 5.51 Å². The van der Waals surface area contributed by atoms with Crippen molar-refractivity contribution in [2.45, 2.75) is 19.6 Å². The lowest BCUT2D eigenvalue weighted by Gasteiger charge is -2.20. The number of likely N-dealkylation sites (tertiary alicyclic amines) is 1. The molecule has 0 bridgehead atoms. The van der Waals surface area contributed by atoms with Crippen LogP contribution in [0.4, 0.5) is 4.79 Å². The predicted molar refractivity (Wildman–Crippen MR) is 85.9 cm³/mol. The normalized spacial score (nSPS) is 27.9. The van der Waals surface area contributed by atoms with Crippen LogP contribution in [0.3, 0.4) is 0 Å². The number of amides is 2. The third kappa shape index (κ3) is 3.26. The van der Waals surface area contributed by atoms with Gasteiger partial charge in [-0.3, -0.25) is 4.90 Å². The van der Waals surface area contributed by atoms with Crippen molar-refractivity contribution in [2.75, 3.05) is 40.3 Å². The second-order valence-corrected chi connectivity index (χ2v) is 7.37. The minimum Gasteiger partial charge on any atom is -0.376 e. The smallest absolute Gasteiger partial charge is 0.316 e. The van der Waals surface area contributed by atoms with E-state index < -0.39 is 0 Å². The summed E-state index contributed by atoms with van der Waals surface area (Å²) in [5.74, 6) is 0.942. The van der Waals surface area contributed by atoms with E-state index in [1.807, 2.05) is 5.51 Å². The number of hydrogen-bond acceptors (Lipinski definition) is 5. The number of thiazole rings is 1. The van der Waals surface area contributed by atoms with Gasteiger partial charge in [-0.15, -0.1) is 11.3 Å². The Labute approximate surface area is 135 Å². The fraction of sp³-hybridized carbons (Fsp3) is 0.733. The van der Waals surface area contributed by atoms with Crippen molar-refractivity contribution in [1.29, 1.82) is 0 Å². The summed E-state index contributed by atoms with van der Waals surface area (Å²) in [6.45, 7) is 6.52. The number of fused-ring (bicyclic) bond motifs is 1. The maximum absolute atomic E-state index is 11.7. The third-order valence-corrected chi connectivity index (χ3v) is 5.57. The number of aromatic nitrogens is 1. The number of nitrogens with zero attached hydrogens (tertiary/aromatic N) is 3. The monoisotopic (exact) mass is 324 g/mol. The van der Waals surface area contributed by atoms with Gasteiger partial charge in [0.2, 0.25) is 0 Å². The highest BCUT2D eigenvalue weighted by molar-refractivity contribution is 7.09. The van der Waals surface area contributed by atoms with Crippen molar-refractivity contribution in [1.82, 2.24) is 20.1 Å². The quantitative estimate of drug-likeness (QED) is 0.903. The van der Waals surface area contributed by atoms with Crippen LogP contribution in [0.5, 0.6) is 0 Å². The average Bonchev–Trinajstić information content (AvgIpc) is 3.14. The molecule has 0 saturated carbocycles. The van der Waals surface area contributed by atoms with E-state index in [9.17, 15) is 4.79 Å². The molecule has 7 heteroatoms. The zero-order chi connectivity index (χ0) is 15.7. The fourth-order valence-electron chi connectivity index (χ4n) is 3.28. The number of ether oxygens (including phenoxy) is 1. The van der Waals surface area contributed by atoms with E-state index in [1.165, 1.54) is 4.88 Å². The summed E-state index contributed by atoms with van der Waals surface area (Å²) in [5, 5.41) is 2.99. The number of carbonyl (C=O) groups is 1. The predicted octanol–water partition coefficient (Wildman–Crippen LogP) is 1.17. The lowest BCUT2D eigenvalue weighted by atomic mass is 9.93. The zero-order valence-electron chi connectivity index (χ0n) is 13.4. The maximum atomic E-state index is 11.7. The van der Waals surface area contributed by atoms with Crippen LogP contribution in [0.2, 0.25) is 0 Å². The van der Waals surface area contributed by atoms with Crippen molar-refractivity contribution in [3.63, 3.8) is 0 Å². The van der Waals surface area contributed by atoms with Crippen LogP contribution in [-0.2, 0) is 11.3 Å². The first-order valence-corrected chi connectivity index (χ1v) is 8.60. The van der Waals surface area contributed by atoms with E-state index in [4.69, 9.17) is 4.74 Å². The molecule has 1 N–H and O–H groups in total. The van der Waals surface area contributed by atoms with Gasteiger partial charge in [-0.2, -0.15) is 0 Å². The lowest BCUT2D eigenvalue weighted by Crippen LogP contribution is -2.39. The van der Waals surface area contributed by atoms with E-state index >= 15 is 0 Å². The highest BCUT2D eigenvalue weighted by Gasteiger charge is 2.43. The molecule has 0 aromatic carbocycles. The van der Waals surface area contributed by atoms with Crippen LogP contribution >= 0.6 is 11.3 Å². The first kappa shape index (κ1) is 15.7. The molecule has 0 unspecified atom stereocenters. The molecule has 3 rings (SSSR count). The minimum atomic E-state index is -0.0291. The number of urea groups is 1. The molecule has 0 aliphatic carbocycles. The van der Waals surface area contributed by atoms with Crippen molar-refractivity contribution < 1.29 is 9.53 Å². The Kier molecular flexibility index (Phi) is 4.65. The van der Waals surface area contributed by atoms with Crippen molar-refractivity contribution in [3.05, 3.63) is 16.1 Å². The van der Waals surface area contributed by atoms with E-state index in [2.05, 4.69) is 22.1 Å². The Balaban J connectivity index is 1.52. The number of rotatable bonds is 4. The van der Waals surface area contributed by atoms with Gasteiger partial charge in [0.05, 0.1) is 23.9 Å². The first-order valence-electron chi connectivity index (χ1n) is 7.72.